The highest BCUT2D eigenvalue weighted by molar-refractivity contribution is 5.44. The van der Waals surface area contributed by atoms with Gasteiger partial charge in [-0.25, -0.2) is 9.67 Å². The van der Waals surface area contributed by atoms with Gasteiger partial charge in [0.1, 0.15) is 5.82 Å². The summed E-state index contributed by atoms with van der Waals surface area (Å²) in [6.07, 6.45) is 7.24. The van der Waals surface area contributed by atoms with E-state index >= 15 is 0 Å². The Hall–Kier alpha value is -2.93. The van der Waals surface area contributed by atoms with Gasteiger partial charge in [0.15, 0.2) is 0 Å². The van der Waals surface area contributed by atoms with Crippen molar-refractivity contribution in [2.45, 2.75) is 25.5 Å². The highest BCUT2D eigenvalue weighted by Crippen LogP contribution is 2.20. The van der Waals surface area contributed by atoms with Crippen LogP contribution in [0, 0.1) is 0 Å². The van der Waals surface area contributed by atoms with Crippen molar-refractivity contribution in [2.24, 2.45) is 0 Å². The normalized spacial score (nSPS) is 17.1. The number of para-hydroxylation sites is 1. The molecule has 1 saturated heterocycles. The van der Waals surface area contributed by atoms with Gasteiger partial charge in [0.25, 0.3) is 0 Å². The molecule has 4 rings (SSSR count). The monoisotopic (exact) mass is 364 g/mol. The molecule has 1 N–H and O–H groups in total. The molecule has 1 fully saturated rings. The molecule has 0 unspecified atom stereocenters. The fourth-order valence-electron chi connectivity index (χ4n) is 3.37. The van der Waals surface area contributed by atoms with Crippen LogP contribution >= 0.6 is 0 Å². The summed E-state index contributed by atoms with van der Waals surface area (Å²) in [6, 6.07) is 12.0. The first-order chi connectivity index (χ1) is 13.2. The fraction of sp³-hybridized carbons (Fsp3) is 0.350. The van der Waals surface area contributed by atoms with E-state index in [1.54, 1.807) is 6.20 Å². The number of rotatable bonds is 5. The molecule has 1 aliphatic heterocycles. The summed E-state index contributed by atoms with van der Waals surface area (Å²) in [5.74, 6) is 1.53. The van der Waals surface area contributed by atoms with Crippen molar-refractivity contribution in [2.75, 3.05) is 29.9 Å². The van der Waals surface area contributed by atoms with E-state index in [1.165, 1.54) is 0 Å². The van der Waals surface area contributed by atoms with E-state index in [9.17, 15) is 5.11 Å². The van der Waals surface area contributed by atoms with Crippen molar-refractivity contribution in [3.05, 3.63) is 60.6 Å². The van der Waals surface area contributed by atoms with E-state index in [4.69, 9.17) is 4.98 Å². The number of benzene rings is 1. The maximum Gasteiger partial charge on any atom is 0.227 e. The standard InChI is InChI=1S/C20H24N6O/c1-24(13-16-12-22-26(14-16)17-6-3-2-4-7-17)20-21-10-9-19(23-20)25-11-5-8-18(27)15-25/h2-4,6-7,9-10,12,14,18,27H,5,8,11,13,15H2,1H3/t18-/m0/s1. The second kappa shape index (κ2) is 7.75. The summed E-state index contributed by atoms with van der Waals surface area (Å²) in [6.45, 7) is 2.21. The summed E-state index contributed by atoms with van der Waals surface area (Å²) < 4.78 is 1.87. The number of hydrogen-bond donors (Lipinski definition) is 1. The minimum atomic E-state index is -0.279. The summed E-state index contributed by atoms with van der Waals surface area (Å²) in [4.78, 5) is 13.2. The summed E-state index contributed by atoms with van der Waals surface area (Å²) >= 11 is 0. The SMILES string of the molecule is CN(Cc1cnn(-c2ccccc2)c1)c1nccc(N2CCC[C@H](O)C2)n1. The largest absolute Gasteiger partial charge is 0.391 e. The minimum Gasteiger partial charge on any atom is -0.391 e. The molecule has 0 spiro atoms. The minimum absolute atomic E-state index is 0.279. The van der Waals surface area contributed by atoms with Gasteiger partial charge in [0.2, 0.25) is 5.95 Å². The lowest BCUT2D eigenvalue weighted by atomic mass is 10.1. The van der Waals surface area contributed by atoms with E-state index in [0.29, 0.717) is 19.0 Å². The Balaban J connectivity index is 1.46. The lowest BCUT2D eigenvalue weighted by Gasteiger charge is -2.31. The van der Waals surface area contributed by atoms with Crippen LogP contribution in [-0.2, 0) is 6.54 Å². The average Bonchev–Trinajstić information content (AvgIpc) is 3.17. The Morgan fingerprint density at radius 2 is 2.07 bits per heavy atom. The molecule has 140 valence electrons. The molecule has 7 nitrogen and oxygen atoms in total. The van der Waals surface area contributed by atoms with Crippen molar-refractivity contribution in [1.82, 2.24) is 19.7 Å². The van der Waals surface area contributed by atoms with Crippen LogP contribution in [-0.4, -0.2) is 51.1 Å². The predicted molar refractivity (Wildman–Crippen MR) is 105 cm³/mol. The van der Waals surface area contributed by atoms with Crippen molar-refractivity contribution in [1.29, 1.82) is 0 Å². The number of aliphatic hydroxyl groups is 1. The fourth-order valence-corrected chi connectivity index (χ4v) is 3.37. The number of nitrogens with zero attached hydrogens (tertiary/aromatic N) is 6. The smallest absolute Gasteiger partial charge is 0.227 e. The summed E-state index contributed by atoms with van der Waals surface area (Å²) in [7, 11) is 1.98. The summed E-state index contributed by atoms with van der Waals surface area (Å²) in [5.41, 5.74) is 2.12. The third-order valence-electron chi connectivity index (χ3n) is 4.77. The van der Waals surface area contributed by atoms with Gasteiger partial charge >= 0.3 is 0 Å². The molecular weight excluding hydrogens is 340 g/mol. The quantitative estimate of drug-likeness (QED) is 0.749. The van der Waals surface area contributed by atoms with Gasteiger partial charge in [-0.15, -0.1) is 0 Å². The molecule has 2 aromatic heterocycles. The zero-order chi connectivity index (χ0) is 18.6. The second-order valence-corrected chi connectivity index (χ2v) is 6.94. The molecule has 0 amide bonds. The molecule has 3 heterocycles. The number of piperidine rings is 1. The number of hydrogen-bond acceptors (Lipinski definition) is 6. The molecule has 0 radical (unpaired) electrons. The van der Waals surface area contributed by atoms with E-state index in [1.807, 2.05) is 65.4 Å². The molecule has 0 saturated carbocycles. The zero-order valence-corrected chi connectivity index (χ0v) is 15.4. The number of anilines is 2. The first-order valence-electron chi connectivity index (χ1n) is 9.25. The Morgan fingerprint density at radius 3 is 2.89 bits per heavy atom. The summed E-state index contributed by atoms with van der Waals surface area (Å²) in [5, 5.41) is 14.4. The van der Waals surface area contributed by atoms with Gasteiger partial charge in [-0.2, -0.15) is 10.1 Å². The van der Waals surface area contributed by atoms with Gasteiger partial charge in [0.05, 0.1) is 18.0 Å². The molecule has 0 aliphatic carbocycles. The first kappa shape index (κ1) is 17.5. The molecular formula is C20H24N6O. The lowest BCUT2D eigenvalue weighted by molar-refractivity contribution is 0.154. The third-order valence-corrected chi connectivity index (χ3v) is 4.77. The molecule has 0 bridgehead atoms. The molecule has 27 heavy (non-hydrogen) atoms. The molecule has 3 aromatic rings. The Labute approximate surface area is 158 Å². The van der Waals surface area contributed by atoms with Crippen LogP contribution in [0.2, 0.25) is 0 Å². The number of aliphatic hydroxyl groups excluding tert-OH is 1. The number of aromatic nitrogens is 4. The maximum absolute atomic E-state index is 9.91. The van der Waals surface area contributed by atoms with Gasteiger partial charge in [0, 0.05) is 44.6 Å². The van der Waals surface area contributed by atoms with Crippen LogP contribution in [0.15, 0.2) is 55.0 Å². The Morgan fingerprint density at radius 1 is 1.22 bits per heavy atom. The van der Waals surface area contributed by atoms with Crippen LogP contribution < -0.4 is 9.80 Å². The van der Waals surface area contributed by atoms with Gasteiger partial charge < -0.3 is 14.9 Å². The van der Waals surface area contributed by atoms with Crippen LogP contribution in [0.1, 0.15) is 18.4 Å². The lowest BCUT2D eigenvalue weighted by Crippen LogP contribution is -2.38. The van der Waals surface area contributed by atoms with Crippen molar-refractivity contribution >= 4 is 11.8 Å². The highest BCUT2D eigenvalue weighted by atomic mass is 16.3. The Kier molecular flexibility index (Phi) is 5.02. The van der Waals surface area contributed by atoms with E-state index < -0.39 is 0 Å². The second-order valence-electron chi connectivity index (χ2n) is 6.94. The van der Waals surface area contributed by atoms with Crippen LogP contribution in [0.4, 0.5) is 11.8 Å². The van der Waals surface area contributed by atoms with Gasteiger partial charge in [-0.1, -0.05) is 18.2 Å². The van der Waals surface area contributed by atoms with Crippen LogP contribution in [0.3, 0.4) is 0 Å². The van der Waals surface area contributed by atoms with Crippen molar-refractivity contribution in [3.8, 4) is 5.69 Å². The van der Waals surface area contributed by atoms with Crippen LogP contribution in [0.5, 0.6) is 0 Å². The first-order valence-corrected chi connectivity index (χ1v) is 9.25. The van der Waals surface area contributed by atoms with Gasteiger partial charge in [-0.05, 0) is 31.0 Å². The number of β-amino-alcohol motifs (C(OH)–C–C–N with tert-alkyl or cyclic N) is 1. The topological polar surface area (TPSA) is 70.3 Å². The van der Waals surface area contributed by atoms with Crippen molar-refractivity contribution < 1.29 is 5.11 Å². The maximum atomic E-state index is 9.91. The molecule has 1 atom stereocenters. The average molecular weight is 364 g/mol. The van der Waals surface area contributed by atoms with E-state index in [-0.39, 0.29) is 6.10 Å². The van der Waals surface area contributed by atoms with E-state index in [2.05, 4.69) is 15.0 Å². The Bertz CT molecular complexity index is 881. The molecule has 7 heteroatoms. The van der Waals surface area contributed by atoms with Crippen molar-refractivity contribution in [3.63, 3.8) is 0 Å². The molecule has 1 aromatic carbocycles. The van der Waals surface area contributed by atoms with E-state index in [0.717, 1.165) is 36.5 Å². The molecule has 1 aliphatic rings. The van der Waals surface area contributed by atoms with Crippen LogP contribution in [0.25, 0.3) is 5.69 Å². The third kappa shape index (κ3) is 4.09. The predicted octanol–water partition coefficient (Wildman–Crippen LogP) is 2.26. The zero-order valence-electron chi connectivity index (χ0n) is 15.4. The highest BCUT2D eigenvalue weighted by Gasteiger charge is 2.19. The van der Waals surface area contributed by atoms with Gasteiger partial charge in [-0.3, -0.25) is 0 Å².